The van der Waals surface area contributed by atoms with E-state index in [9.17, 15) is 33.2 Å². The van der Waals surface area contributed by atoms with Crippen LogP contribution in [0.4, 0.5) is 24.5 Å². The molecular weight excluding hydrogens is 369 g/mol. The molecule has 0 aliphatic carbocycles. The lowest BCUT2D eigenvalue weighted by atomic mass is 10.2. The smallest absolute Gasteiger partial charge is 0.416 e. The fourth-order valence-corrected chi connectivity index (χ4v) is 1.96. The number of nitrogens with zero attached hydrogens (tertiary/aromatic N) is 2. The highest BCUT2D eigenvalue weighted by Gasteiger charge is 2.30. The molecule has 2 rings (SSSR count). The van der Waals surface area contributed by atoms with E-state index in [1.807, 2.05) is 0 Å². The minimum Gasteiger partial charge on any atom is -0.507 e. The van der Waals surface area contributed by atoms with Crippen molar-refractivity contribution in [1.82, 2.24) is 5.43 Å². The Bertz CT molecular complexity index is 884. The summed E-state index contributed by atoms with van der Waals surface area (Å²) < 4.78 is 37.8. The second-order valence-electron chi connectivity index (χ2n) is 5.23. The van der Waals surface area contributed by atoms with E-state index in [4.69, 9.17) is 0 Å². The summed E-state index contributed by atoms with van der Waals surface area (Å²) in [6, 6.07) is 7.60. The summed E-state index contributed by atoms with van der Waals surface area (Å²) in [6.07, 6.45) is -3.49. The molecule has 0 saturated carbocycles. The summed E-state index contributed by atoms with van der Waals surface area (Å²) in [5, 5.41) is 26.3. The van der Waals surface area contributed by atoms with Gasteiger partial charge in [0.25, 0.3) is 11.6 Å². The molecule has 142 valence electrons. The van der Waals surface area contributed by atoms with Gasteiger partial charge in [0.05, 0.1) is 23.2 Å². The SMILES string of the molecule is O=C(CNc1cccc(C(F)(F)F)c1)N/N=C/c1cc([N+](=O)[O-])ccc1O. The molecule has 0 heterocycles. The second kappa shape index (κ2) is 8.17. The number of hydrogen-bond donors (Lipinski definition) is 3. The fraction of sp³-hybridized carbons (Fsp3) is 0.125. The molecule has 0 fully saturated rings. The van der Waals surface area contributed by atoms with Gasteiger partial charge in [0.2, 0.25) is 0 Å². The summed E-state index contributed by atoms with van der Waals surface area (Å²) in [7, 11) is 0. The molecule has 0 unspecified atom stereocenters. The predicted octanol–water partition coefficient (Wildman–Crippen LogP) is 2.88. The van der Waals surface area contributed by atoms with Gasteiger partial charge in [-0.05, 0) is 24.3 Å². The van der Waals surface area contributed by atoms with Crippen molar-refractivity contribution in [3.63, 3.8) is 0 Å². The molecule has 27 heavy (non-hydrogen) atoms. The number of hydrazone groups is 1. The Morgan fingerprint density at radius 2 is 2.00 bits per heavy atom. The third-order valence-corrected chi connectivity index (χ3v) is 3.26. The van der Waals surface area contributed by atoms with E-state index in [1.54, 1.807) is 0 Å². The van der Waals surface area contributed by atoms with E-state index in [0.717, 1.165) is 36.5 Å². The van der Waals surface area contributed by atoms with Crippen LogP contribution in [-0.2, 0) is 11.0 Å². The van der Waals surface area contributed by atoms with Crippen molar-refractivity contribution < 1.29 is 28.0 Å². The average Bonchev–Trinajstić information content (AvgIpc) is 2.61. The summed E-state index contributed by atoms with van der Waals surface area (Å²) in [5.74, 6) is -0.950. The molecule has 1 amide bonds. The van der Waals surface area contributed by atoms with Gasteiger partial charge in [-0.25, -0.2) is 5.43 Å². The number of rotatable bonds is 6. The summed E-state index contributed by atoms with van der Waals surface area (Å²) in [4.78, 5) is 21.7. The van der Waals surface area contributed by atoms with Crippen LogP contribution in [-0.4, -0.2) is 28.7 Å². The maximum absolute atomic E-state index is 12.6. The van der Waals surface area contributed by atoms with Gasteiger partial charge in [0, 0.05) is 23.4 Å². The number of halogens is 3. The van der Waals surface area contributed by atoms with E-state index in [2.05, 4.69) is 15.8 Å². The molecule has 2 aromatic rings. The molecule has 0 bridgehead atoms. The number of carbonyl (C=O) groups is 1. The first-order valence-corrected chi connectivity index (χ1v) is 7.37. The molecular formula is C16H13F3N4O4. The van der Waals surface area contributed by atoms with Gasteiger partial charge in [-0.2, -0.15) is 18.3 Å². The molecule has 3 N–H and O–H groups in total. The van der Waals surface area contributed by atoms with Gasteiger partial charge in [-0.15, -0.1) is 0 Å². The Morgan fingerprint density at radius 1 is 1.26 bits per heavy atom. The van der Waals surface area contributed by atoms with Gasteiger partial charge in [-0.1, -0.05) is 6.07 Å². The lowest BCUT2D eigenvalue weighted by Gasteiger charge is -2.10. The number of alkyl halides is 3. The minimum atomic E-state index is -4.50. The third-order valence-electron chi connectivity index (χ3n) is 3.26. The molecule has 0 aliphatic heterocycles. The Hall–Kier alpha value is -3.63. The molecule has 0 radical (unpaired) electrons. The number of anilines is 1. The van der Waals surface area contributed by atoms with Crippen LogP contribution in [0.15, 0.2) is 47.6 Å². The van der Waals surface area contributed by atoms with Crippen LogP contribution in [0.2, 0.25) is 0 Å². The lowest BCUT2D eigenvalue weighted by Crippen LogP contribution is -2.26. The van der Waals surface area contributed by atoms with E-state index in [-0.39, 0.29) is 29.2 Å². The number of benzene rings is 2. The zero-order valence-corrected chi connectivity index (χ0v) is 13.5. The van der Waals surface area contributed by atoms with Gasteiger partial charge < -0.3 is 10.4 Å². The zero-order chi connectivity index (χ0) is 20.0. The molecule has 0 aromatic heterocycles. The number of phenols is 1. The van der Waals surface area contributed by atoms with E-state index >= 15 is 0 Å². The standard InChI is InChI=1S/C16H13F3N4O4/c17-16(18,19)11-2-1-3-12(7-11)20-9-15(25)22-21-8-10-6-13(23(26)27)4-5-14(10)24/h1-8,20,24H,9H2,(H,22,25)/b21-8+. The molecule has 2 aromatic carbocycles. The Kier molecular flexibility index (Phi) is 5.96. The van der Waals surface area contributed by atoms with Crippen LogP contribution >= 0.6 is 0 Å². The normalized spacial score (nSPS) is 11.4. The third kappa shape index (κ3) is 5.70. The molecule has 11 heteroatoms. The van der Waals surface area contributed by atoms with E-state index in [1.165, 1.54) is 12.1 Å². The summed E-state index contributed by atoms with van der Waals surface area (Å²) >= 11 is 0. The minimum absolute atomic E-state index is 0.00957. The molecule has 0 atom stereocenters. The maximum atomic E-state index is 12.6. The number of nitro groups is 1. The Morgan fingerprint density at radius 3 is 2.67 bits per heavy atom. The fourth-order valence-electron chi connectivity index (χ4n) is 1.96. The number of nitro benzene ring substituents is 1. The number of non-ortho nitro benzene ring substituents is 1. The molecule has 0 aliphatic rings. The van der Waals surface area contributed by atoms with Crippen molar-refractivity contribution in [2.75, 3.05) is 11.9 Å². The largest absolute Gasteiger partial charge is 0.507 e. The molecule has 8 nitrogen and oxygen atoms in total. The van der Waals surface area contributed by atoms with Crippen LogP contribution < -0.4 is 10.7 Å². The first-order chi connectivity index (χ1) is 12.7. The van der Waals surface area contributed by atoms with Gasteiger partial charge in [0.15, 0.2) is 0 Å². The van der Waals surface area contributed by atoms with Gasteiger partial charge in [-0.3, -0.25) is 14.9 Å². The number of nitrogens with one attached hydrogen (secondary N) is 2. The second-order valence-corrected chi connectivity index (χ2v) is 5.23. The monoisotopic (exact) mass is 382 g/mol. The number of aromatic hydroxyl groups is 1. The number of phenolic OH excluding ortho intramolecular Hbond substituents is 1. The van der Waals surface area contributed by atoms with Crippen molar-refractivity contribution in [2.45, 2.75) is 6.18 Å². The van der Waals surface area contributed by atoms with E-state index < -0.39 is 22.6 Å². The van der Waals surface area contributed by atoms with Crippen molar-refractivity contribution >= 4 is 23.5 Å². The van der Waals surface area contributed by atoms with Crippen molar-refractivity contribution in [3.05, 3.63) is 63.7 Å². The number of hydrogen-bond acceptors (Lipinski definition) is 6. The van der Waals surface area contributed by atoms with Crippen molar-refractivity contribution in [3.8, 4) is 5.75 Å². The van der Waals surface area contributed by atoms with Crippen LogP contribution in [0.1, 0.15) is 11.1 Å². The summed E-state index contributed by atoms with van der Waals surface area (Å²) in [5.41, 5.74) is 1.07. The highest BCUT2D eigenvalue weighted by molar-refractivity contribution is 5.86. The zero-order valence-electron chi connectivity index (χ0n) is 13.5. The average molecular weight is 382 g/mol. The first-order valence-electron chi connectivity index (χ1n) is 7.37. The molecule has 0 spiro atoms. The predicted molar refractivity (Wildman–Crippen MR) is 90.4 cm³/mol. The Balaban J connectivity index is 1.93. The van der Waals surface area contributed by atoms with Crippen LogP contribution in [0.25, 0.3) is 0 Å². The topological polar surface area (TPSA) is 117 Å². The highest BCUT2D eigenvalue weighted by Crippen LogP contribution is 2.30. The van der Waals surface area contributed by atoms with Crippen LogP contribution in [0.5, 0.6) is 5.75 Å². The van der Waals surface area contributed by atoms with Crippen molar-refractivity contribution in [1.29, 1.82) is 0 Å². The maximum Gasteiger partial charge on any atom is 0.416 e. The summed E-state index contributed by atoms with van der Waals surface area (Å²) in [6.45, 7) is -0.362. The Labute approximate surface area is 150 Å². The quantitative estimate of drug-likeness (QED) is 0.403. The van der Waals surface area contributed by atoms with Gasteiger partial charge in [0.1, 0.15) is 5.75 Å². The van der Waals surface area contributed by atoms with E-state index in [0.29, 0.717) is 0 Å². The lowest BCUT2D eigenvalue weighted by molar-refractivity contribution is -0.384. The van der Waals surface area contributed by atoms with Gasteiger partial charge >= 0.3 is 6.18 Å². The van der Waals surface area contributed by atoms with Crippen LogP contribution in [0, 0.1) is 10.1 Å². The number of carbonyl (C=O) groups excluding carboxylic acids is 1. The van der Waals surface area contributed by atoms with Crippen molar-refractivity contribution in [2.24, 2.45) is 5.10 Å². The highest BCUT2D eigenvalue weighted by atomic mass is 19.4. The number of amides is 1. The first kappa shape index (κ1) is 19.7. The van der Waals surface area contributed by atoms with Crippen LogP contribution in [0.3, 0.4) is 0 Å². The molecule has 0 saturated heterocycles.